The van der Waals surface area contributed by atoms with Crippen LogP contribution in [0, 0.1) is 0 Å². The maximum atomic E-state index is 10.1. The molecule has 0 saturated heterocycles. The third-order valence-electron chi connectivity index (χ3n) is 1.05. The highest BCUT2D eigenvalue weighted by Gasteiger charge is 1.93. The molecule has 11 heavy (non-hydrogen) atoms. The van der Waals surface area contributed by atoms with Crippen molar-refractivity contribution in [1.82, 2.24) is 5.73 Å². The Kier molecular flexibility index (Phi) is 7.08. The number of rotatable bonds is 7. The highest BCUT2D eigenvalue weighted by atomic mass is 16.5. The van der Waals surface area contributed by atoms with Crippen LogP contribution in [0.15, 0.2) is 0 Å². The van der Waals surface area contributed by atoms with Gasteiger partial charge in [0, 0.05) is 6.61 Å². The minimum absolute atomic E-state index is 0.173. The second kappa shape index (κ2) is 7.50. The maximum Gasteiger partial charge on any atom is 0.240 e. The lowest BCUT2D eigenvalue weighted by atomic mass is 10.4. The molecule has 4 heteroatoms. The second-order valence-corrected chi connectivity index (χ2v) is 1.98. The minimum atomic E-state index is -0.582. The SMILES string of the molecule is CCOCCOCCC([NH])=O. The van der Waals surface area contributed by atoms with Gasteiger partial charge in [-0.3, -0.25) is 10.5 Å². The number of carbonyl (C=O) groups excluding carboxylic acids is 1. The Balaban J connectivity index is 2.85. The average Bonchev–Trinajstić information content (AvgIpc) is 1.96. The van der Waals surface area contributed by atoms with E-state index in [1.807, 2.05) is 6.92 Å². The van der Waals surface area contributed by atoms with Gasteiger partial charge in [0.15, 0.2) is 0 Å². The van der Waals surface area contributed by atoms with Crippen LogP contribution in [-0.4, -0.2) is 32.3 Å². The van der Waals surface area contributed by atoms with E-state index in [2.05, 4.69) is 0 Å². The summed E-state index contributed by atoms with van der Waals surface area (Å²) in [4.78, 5) is 10.1. The van der Waals surface area contributed by atoms with E-state index < -0.39 is 5.91 Å². The predicted molar refractivity (Wildman–Crippen MR) is 40.0 cm³/mol. The van der Waals surface area contributed by atoms with Gasteiger partial charge in [-0.25, -0.2) is 0 Å². The van der Waals surface area contributed by atoms with Crippen LogP contribution in [0.5, 0.6) is 0 Å². The van der Waals surface area contributed by atoms with Crippen molar-refractivity contribution in [3.63, 3.8) is 0 Å². The van der Waals surface area contributed by atoms with Gasteiger partial charge in [-0.2, -0.15) is 0 Å². The maximum absolute atomic E-state index is 10.1. The van der Waals surface area contributed by atoms with E-state index in [4.69, 9.17) is 15.2 Å². The third kappa shape index (κ3) is 9.39. The number of hydrogen-bond acceptors (Lipinski definition) is 3. The summed E-state index contributed by atoms with van der Waals surface area (Å²) in [5.74, 6) is -0.582. The highest BCUT2D eigenvalue weighted by molar-refractivity contribution is 5.72. The van der Waals surface area contributed by atoms with Gasteiger partial charge in [0.2, 0.25) is 5.91 Å². The van der Waals surface area contributed by atoms with Crippen LogP contribution in [0.4, 0.5) is 0 Å². The van der Waals surface area contributed by atoms with Crippen LogP contribution in [0.3, 0.4) is 0 Å². The molecule has 0 aliphatic rings. The second-order valence-electron chi connectivity index (χ2n) is 1.98. The molecule has 0 spiro atoms. The fourth-order valence-corrected chi connectivity index (χ4v) is 0.529. The number of amides is 1. The summed E-state index contributed by atoms with van der Waals surface area (Å²) in [6.07, 6.45) is 0.173. The van der Waals surface area contributed by atoms with E-state index in [9.17, 15) is 4.79 Å². The topological polar surface area (TPSA) is 59.3 Å². The highest BCUT2D eigenvalue weighted by Crippen LogP contribution is 1.82. The van der Waals surface area contributed by atoms with Crippen molar-refractivity contribution in [2.45, 2.75) is 13.3 Å². The van der Waals surface area contributed by atoms with E-state index in [0.29, 0.717) is 26.4 Å². The Morgan fingerprint density at radius 1 is 1.27 bits per heavy atom. The van der Waals surface area contributed by atoms with Crippen molar-refractivity contribution in [3.8, 4) is 0 Å². The molecule has 0 rings (SSSR count). The first-order chi connectivity index (χ1) is 5.27. The Hall–Kier alpha value is -0.610. The van der Waals surface area contributed by atoms with Gasteiger partial charge in [-0.05, 0) is 6.92 Å². The third-order valence-corrected chi connectivity index (χ3v) is 1.05. The smallest absolute Gasteiger partial charge is 0.240 e. The summed E-state index contributed by atoms with van der Waals surface area (Å²) in [6.45, 7) is 3.98. The molecule has 0 bridgehead atoms. The molecular formula is C7H14NO3. The van der Waals surface area contributed by atoms with Crippen molar-refractivity contribution in [3.05, 3.63) is 0 Å². The van der Waals surface area contributed by atoms with E-state index in [1.165, 1.54) is 0 Å². The molecule has 0 aliphatic heterocycles. The molecule has 1 N–H and O–H groups in total. The molecule has 0 saturated carbocycles. The van der Waals surface area contributed by atoms with Crippen LogP contribution in [-0.2, 0) is 14.3 Å². The van der Waals surface area contributed by atoms with Crippen molar-refractivity contribution >= 4 is 5.91 Å². The Morgan fingerprint density at radius 2 is 1.91 bits per heavy atom. The van der Waals surface area contributed by atoms with Crippen LogP contribution < -0.4 is 5.73 Å². The fraction of sp³-hybridized carbons (Fsp3) is 0.857. The van der Waals surface area contributed by atoms with Gasteiger partial charge in [-0.15, -0.1) is 0 Å². The van der Waals surface area contributed by atoms with Crippen molar-refractivity contribution in [2.75, 3.05) is 26.4 Å². The molecule has 1 amide bonds. The molecular weight excluding hydrogens is 146 g/mol. The normalized spacial score (nSPS) is 9.91. The van der Waals surface area contributed by atoms with Crippen LogP contribution >= 0.6 is 0 Å². The molecule has 4 nitrogen and oxygen atoms in total. The molecule has 0 unspecified atom stereocenters. The summed E-state index contributed by atoms with van der Waals surface area (Å²) in [5, 5.41) is 0. The summed E-state index contributed by atoms with van der Waals surface area (Å²) >= 11 is 0. The molecule has 0 atom stereocenters. The lowest BCUT2D eigenvalue weighted by Gasteiger charge is -2.01. The zero-order valence-electron chi connectivity index (χ0n) is 6.76. The number of carbonyl (C=O) groups is 1. The number of hydrogen-bond donors (Lipinski definition) is 0. The van der Waals surface area contributed by atoms with Gasteiger partial charge in [0.1, 0.15) is 0 Å². The lowest BCUT2D eigenvalue weighted by molar-refractivity contribution is -0.119. The van der Waals surface area contributed by atoms with Gasteiger partial charge in [-0.1, -0.05) is 0 Å². The Bertz CT molecular complexity index is 106. The molecule has 0 aromatic rings. The standard InChI is InChI=1S/C7H14NO3/c1-2-10-5-6-11-4-3-7(8)9/h8H,2-6H2,1H3. The predicted octanol–water partition coefficient (Wildman–Crippen LogP) is 0.239. The van der Waals surface area contributed by atoms with Crippen LogP contribution in [0.1, 0.15) is 13.3 Å². The summed E-state index contributed by atoms with van der Waals surface area (Å²) in [6, 6.07) is 0. The molecule has 1 radical (unpaired) electrons. The fourth-order valence-electron chi connectivity index (χ4n) is 0.529. The van der Waals surface area contributed by atoms with E-state index >= 15 is 0 Å². The Morgan fingerprint density at radius 3 is 2.45 bits per heavy atom. The largest absolute Gasteiger partial charge is 0.379 e. The van der Waals surface area contributed by atoms with Gasteiger partial charge in [0.25, 0.3) is 0 Å². The first-order valence-electron chi connectivity index (χ1n) is 3.67. The van der Waals surface area contributed by atoms with Crippen LogP contribution in [0.2, 0.25) is 0 Å². The summed E-state index contributed by atoms with van der Waals surface area (Å²) in [5.41, 5.74) is 6.54. The van der Waals surface area contributed by atoms with Crippen molar-refractivity contribution in [1.29, 1.82) is 0 Å². The van der Waals surface area contributed by atoms with E-state index in [-0.39, 0.29) is 6.42 Å². The van der Waals surface area contributed by atoms with Crippen LogP contribution in [0.25, 0.3) is 0 Å². The van der Waals surface area contributed by atoms with Gasteiger partial charge in [0.05, 0.1) is 26.2 Å². The quantitative estimate of drug-likeness (QED) is 0.501. The van der Waals surface area contributed by atoms with Crippen molar-refractivity contribution < 1.29 is 14.3 Å². The van der Waals surface area contributed by atoms with Crippen molar-refractivity contribution in [2.24, 2.45) is 0 Å². The number of ether oxygens (including phenoxy) is 2. The summed E-state index contributed by atoms with van der Waals surface area (Å²) in [7, 11) is 0. The average molecular weight is 160 g/mol. The zero-order valence-corrected chi connectivity index (χ0v) is 6.76. The molecule has 0 fully saturated rings. The molecule has 0 aromatic carbocycles. The minimum Gasteiger partial charge on any atom is -0.379 e. The molecule has 0 heterocycles. The van der Waals surface area contributed by atoms with E-state index in [1.54, 1.807) is 0 Å². The Labute approximate surface area is 66.7 Å². The first kappa shape index (κ1) is 10.4. The molecule has 65 valence electrons. The van der Waals surface area contributed by atoms with Gasteiger partial charge >= 0.3 is 0 Å². The molecule has 0 aromatic heterocycles. The van der Waals surface area contributed by atoms with E-state index in [0.717, 1.165) is 0 Å². The lowest BCUT2D eigenvalue weighted by Crippen LogP contribution is -2.08. The number of nitrogens with one attached hydrogen (secondary N) is 1. The molecule has 0 aliphatic carbocycles. The summed E-state index contributed by atoms with van der Waals surface area (Å²) < 4.78 is 9.96. The monoisotopic (exact) mass is 160 g/mol. The van der Waals surface area contributed by atoms with Gasteiger partial charge < -0.3 is 9.47 Å². The zero-order chi connectivity index (χ0) is 8.53. The first-order valence-corrected chi connectivity index (χ1v) is 3.67.